The zero-order valence-corrected chi connectivity index (χ0v) is 10.9. The minimum atomic E-state index is 0.459. The summed E-state index contributed by atoms with van der Waals surface area (Å²) in [5, 5.41) is 4.12. The van der Waals surface area contributed by atoms with Crippen molar-refractivity contribution in [2.45, 2.75) is 0 Å². The van der Waals surface area contributed by atoms with Gasteiger partial charge in [0.05, 0.1) is 17.8 Å². The quantitative estimate of drug-likeness (QED) is 0.845. The third-order valence-electron chi connectivity index (χ3n) is 1.65. The maximum Gasteiger partial charge on any atom is 0.253 e. The predicted octanol–water partition coefficient (Wildman–Crippen LogP) is 2.20. The van der Waals surface area contributed by atoms with Crippen LogP contribution in [-0.4, -0.2) is 26.9 Å². The number of methoxy groups -OCH3 is 1. The summed E-state index contributed by atoms with van der Waals surface area (Å²) in [7, 11) is 1.55. The third-order valence-corrected chi connectivity index (χ3v) is 2.62. The molecule has 0 spiro atoms. The second kappa shape index (κ2) is 4.28. The van der Waals surface area contributed by atoms with Crippen molar-refractivity contribution in [3.63, 3.8) is 0 Å². The Morgan fingerprint density at radius 1 is 1.40 bits per heavy atom. The highest BCUT2D eigenvalue weighted by atomic mass is 79.9. The number of aromatic nitrogens is 4. The molecule has 2 aromatic rings. The van der Waals surface area contributed by atoms with Gasteiger partial charge in [-0.3, -0.25) is 0 Å². The van der Waals surface area contributed by atoms with Crippen molar-refractivity contribution in [1.29, 1.82) is 0 Å². The zero-order valence-electron chi connectivity index (χ0n) is 7.69. The van der Waals surface area contributed by atoms with Gasteiger partial charge < -0.3 is 4.74 Å². The van der Waals surface area contributed by atoms with E-state index in [1.165, 1.54) is 0 Å². The zero-order chi connectivity index (χ0) is 10.8. The minimum Gasteiger partial charge on any atom is -0.480 e. The fourth-order valence-corrected chi connectivity index (χ4v) is 1.65. The van der Waals surface area contributed by atoms with Gasteiger partial charge in [-0.05, 0) is 37.9 Å². The summed E-state index contributed by atoms with van der Waals surface area (Å²) in [6.07, 6.45) is 3.38. The molecule has 0 radical (unpaired) electrons. The first-order valence-electron chi connectivity index (χ1n) is 3.99. The lowest BCUT2D eigenvalue weighted by Crippen LogP contribution is -2.03. The Kier molecular flexibility index (Phi) is 3.01. The van der Waals surface area contributed by atoms with Crippen LogP contribution in [0.1, 0.15) is 0 Å². The molecule has 0 saturated carbocycles. The average Bonchev–Trinajstić information content (AvgIpc) is 2.66. The molecule has 0 atom stereocenters. The van der Waals surface area contributed by atoms with Crippen molar-refractivity contribution < 1.29 is 4.74 Å². The highest BCUT2D eigenvalue weighted by Crippen LogP contribution is 2.21. The van der Waals surface area contributed by atoms with Gasteiger partial charge in [0.1, 0.15) is 4.60 Å². The van der Waals surface area contributed by atoms with E-state index in [9.17, 15) is 0 Å². The summed E-state index contributed by atoms with van der Waals surface area (Å²) in [4.78, 5) is 8.29. The summed E-state index contributed by atoms with van der Waals surface area (Å²) >= 11 is 6.53. The summed E-state index contributed by atoms with van der Waals surface area (Å²) < 4.78 is 8.06. The van der Waals surface area contributed by atoms with Crippen molar-refractivity contribution in [3.05, 3.63) is 27.5 Å². The van der Waals surface area contributed by atoms with Gasteiger partial charge in [-0.15, -0.1) is 0 Å². The topological polar surface area (TPSA) is 52.8 Å². The van der Waals surface area contributed by atoms with E-state index in [4.69, 9.17) is 4.74 Å². The van der Waals surface area contributed by atoms with Crippen molar-refractivity contribution in [2.75, 3.05) is 7.11 Å². The molecule has 78 valence electrons. The number of hydrogen-bond acceptors (Lipinski definition) is 4. The summed E-state index contributed by atoms with van der Waals surface area (Å²) in [5.74, 6) is 0.937. The van der Waals surface area contributed by atoms with E-state index < -0.39 is 0 Å². The van der Waals surface area contributed by atoms with Gasteiger partial charge in [-0.1, -0.05) is 0 Å². The summed E-state index contributed by atoms with van der Waals surface area (Å²) in [6.45, 7) is 0. The molecule has 0 fully saturated rings. The van der Waals surface area contributed by atoms with Crippen LogP contribution in [0, 0.1) is 0 Å². The molecule has 15 heavy (non-hydrogen) atoms. The molecule has 2 rings (SSSR count). The molecule has 5 nitrogen and oxygen atoms in total. The average molecular weight is 334 g/mol. The van der Waals surface area contributed by atoms with E-state index in [-0.39, 0.29) is 0 Å². The molecule has 0 aromatic carbocycles. The number of rotatable bonds is 2. The Bertz CT molecular complexity index is 485. The lowest BCUT2D eigenvalue weighted by atomic mass is 10.6. The van der Waals surface area contributed by atoms with E-state index >= 15 is 0 Å². The largest absolute Gasteiger partial charge is 0.480 e. The van der Waals surface area contributed by atoms with Crippen LogP contribution in [0.2, 0.25) is 0 Å². The van der Waals surface area contributed by atoms with Crippen LogP contribution < -0.4 is 4.74 Å². The predicted molar refractivity (Wildman–Crippen MR) is 61.1 cm³/mol. The van der Waals surface area contributed by atoms with Crippen LogP contribution in [0.25, 0.3) is 5.95 Å². The Labute approximate surface area is 103 Å². The molecule has 0 bridgehead atoms. The first-order chi connectivity index (χ1) is 7.20. The molecular formula is C8H6Br2N4O. The van der Waals surface area contributed by atoms with Crippen LogP contribution in [0.3, 0.4) is 0 Å². The highest BCUT2D eigenvalue weighted by molar-refractivity contribution is 9.10. The van der Waals surface area contributed by atoms with Crippen molar-refractivity contribution in [3.8, 4) is 11.8 Å². The fourth-order valence-electron chi connectivity index (χ4n) is 1.01. The van der Waals surface area contributed by atoms with E-state index in [1.807, 2.05) is 0 Å². The number of halogens is 2. The second-order valence-electron chi connectivity index (χ2n) is 2.61. The fraction of sp³-hybridized carbons (Fsp3) is 0.125. The molecule has 0 aliphatic carbocycles. The van der Waals surface area contributed by atoms with E-state index in [2.05, 4.69) is 46.9 Å². The van der Waals surface area contributed by atoms with Crippen LogP contribution in [0.4, 0.5) is 0 Å². The van der Waals surface area contributed by atoms with Crippen LogP contribution in [-0.2, 0) is 0 Å². The lowest BCUT2D eigenvalue weighted by Gasteiger charge is -2.03. The Morgan fingerprint density at radius 2 is 2.20 bits per heavy atom. The third kappa shape index (κ3) is 2.18. The summed E-state index contributed by atoms with van der Waals surface area (Å²) in [6, 6.07) is 1.80. The normalized spacial score (nSPS) is 10.3. The van der Waals surface area contributed by atoms with E-state index in [0.717, 1.165) is 4.60 Å². The first kappa shape index (κ1) is 10.6. The van der Waals surface area contributed by atoms with Gasteiger partial charge in [-0.25, -0.2) is 9.67 Å². The number of ether oxygens (including phenoxy) is 1. The number of nitrogens with zero attached hydrogens (tertiary/aromatic N) is 4. The molecular weight excluding hydrogens is 328 g/mol. The maximum atomic E-state index is 5.06. The van der Waals surface area contributed by atoms with Gasteiger partial charge in [0, 0.05) is 6.20 Å². The van der Waals surface area contributed by atoms with Crippen molar-refractivity contribution in [1.82, 2.24) is 19.7 Å². The molecule has 0 aliphatic heterocycles. The van der Waals surface area contributed by atoms with Crippen LogP contribution in [0.5, 0.6) is 5.88 Å². The van der Waals surface area contributed by atoms with Crippen molar-refractivity contribution in [2.24, 2.45) is 0 Å². The van der Waals surface area contributed by atoms with Gasteiger partial charge in [-0.2, -0.15) is 10.1 Å². The molecule has 2 aromatic heterocycles. The number of hydrogen-bond donors (Lipinski definition) is 0. The molecule has 0 unspecified atom stereocenters. The Morgan fingerprint density at radius 3 is 2.80 bits per heavy atom. The minimum absolute atomic E-state index is 0.459. The molecule has 0 N–H and O–H groups in total. The SMILES string of the molecule is COc1nc(-n2ccc(Br)n2)ncc1Br. The van der Waals surface area contributed by atoms with Gasteiger partial charge in [0.25, 0.3) is 5.95 Å². The molecule has 0 aliphatic rings. The monoisotopic (exact) mass is 332 g/mol. The standard InChI is InChI=1S/C8H6Br2N4O/c1-15-7-5(9)4-11-8(12-7)14-3-2-6(10)13-14/h2-4H,1H3. The van der Waals surface area contributed by atoms with Gasteiger partial charge in [0.2, 0.25) is 5.88 Å². The van der Waals surface area contributed by atoms with Crippen LogP contribution in [0.15, 0.2) is 27.5 Å². The van der Waals surface area contributed by atoms with Crippen LogP contribution >= 0.6 is 31.9 Å². The van der Waals surface area contributed by atoms with E-state index in [1.54, 1.807) is 30.3 Å². The molecule has 0 saturated heterocycles. The lowest BCUT2D eigenvalue weighted by molar-refractivity contribution is 0.392. The summed E-state index contributed by atoms with van der Waals surface area (Å²) in [5.41, 5.74) is 0. The van der Waals surface area contributed by atoms with E-state index in [0.29, 0.717) is 16.3 Å². The molecule has 2 heterocycles. The van der Waals surface area contributed by atoms with Crippen molar-refractivity contribution >= 4 is 31.9 Å². The molecule has 0 amide bonds. The molecule has 7 heteroatoms. The first-order valence-corrected chi connectivity index (χ1v) is 5.57. The maximum absolute atomic E-state index is 5.06. The highest BCUT2D eigenvalue weighted by Gasteiger charge is 2.07. The Hall–Kier alpha value is -0.950. The smallest absolute Gasteiger partial charge is 0.253 e. The van der Waals surface area contributed by atoms with Gasteiger partial charge in [0.15, 0.2) is 0 Å². The Balaban J connectivity index is 2.45. The second-order valence-corrected chi connectivity index (χ2v) is 4.28. The van der Waals surface area contributed by atoms with Gasteiger partial charge >= 0.3 is 0 Å².